The van der Waals surface area contributed by atoms with Gasteiger partial charge in [0, 0.05) is 0 Å². The van der Waals surface area contributed by atoms with Gasteiger partial charge in [-0.05, 0) is 30.7 Å². The van der Waals surface area contributed by atoms with Crippen molar-refractivity contribution in [2.75, 3.05) is 7.11 Å². The highest BCUT2D eigenvalue weighted by molar-refractivity contribution is 5.93. The van der Waals surface area contributed by atoms with Crippen LogP contribution < -0.4 is 0 Å². The monoisotopic (exact) mass is 420 g/mol. The average Bonchev–Trinajstić information content (AvgIpc) is 3.31. The highest BCUT2D eigenvalue weighted by Gasteiger charge is 2.42. The van der Waals surface area contributed by atoms with E-state index in [2.05, 4.69) is 14.8 Å². The van der Waals surface area contributed by atoms with Crippen molar-refractivity contribution >= 4 is 11.7 Å². The maximum atomic E-state index is 13.7. The van der Waals surface area contributed by atoms with E-state index in [0.29, 0.717) is 29.9 Å². The number of hydrogen-bond donors (Lipinski definition) is 0. The van der Waals surface area contributed by atoms with Crippen LogP contribution in [0.5, 0.6) is 0 Å². The molecule has 0 N–H and O–H groups in total. The van der Waals surface area contributed by atoms with E-state index in [0.717, 1.165) is 7.11 Å². The smallest absolute Gasteiger partial charge is 0.435 e. The lowest BCUT2D eigenvalue weighted by atomic mass is 9.97. The highest BCUT2D eigenvalue weighted by atomic mass is 19.4. The normalized spacial score (nSPS) is 14.3. The number of hydrogen-bond acceptors (Lipinski definition) is 6. The molecule has 0 radical (unpaired) electrons. The highest BCUT2D eigenvalue weighted by Crippen LogP contribution is 2.42. The van der Waals surface area contributed by atoms with Gasteiger partial charge in [0.05, 0.1) is 23.3 Å². The molecule has 2 aromatic heterocycles. The van der Waals surface area contributed by atoms with E-state index in [1.165, 1.54) is 0 Å². The van der Waals surface area contributed by atoms with Crippen molar-refractivity contribution in [3.63, 3.8) is 0 Å². The van der Waals surface area contributed by atoms with Gasteiger partial charge in [0.25, 0.3) is 6.43 Å². The number of esters is 1. The van der Waals surface area contributed by atoms with Gasteiger partial charge in [0.1, 0.15) is 18.1 Å². The third-order valence-electron chi connectivity index (χ3n) is 4.36. The third kappa shape index (κ3) is 4.03. The summed E-state index contributed by atoms with van der Waals surface area (Å²) in [5.41, 5.74) is -5.65. The van der Waals surface area contributed by atoms with Crippen LogP contribution in [0.25, 0.3) is 5.69 Å². The second-order valence-corrected chi connectivity index (χ2v) is 6.39. The summed E-state index contributed by atoms with van der Waals surface area (Å²) in [6.07, 6.45) is -6.14. The minimum absolute atomic E-state index is 0.128. The molecule has 1 saturated carbocycles. The molecule has 1 aliphatic carbocycles. The summed E-state index contributed by atoms with van der Waals surface area (Å²) in [4.78, 5) is 25.3. The lowest BCUT2D eigenvalue weighted by Gasteiger charge is -2.21. The van der Waals surface area contributed by atoms with Crippen molar-refractivity contribution in [2.45, 2.75) is 31.9 Å². The summed E-state index contributed by atoms with van der Waals surface area (Å²) >= 11 is 0. The van der Waals surface area contributed by atoms with Crippen LogP contribution in [0.15, 0.2) is 12.4 Å². The van der Waals surface area contributed by atoms with Gasteiger partial charge >= 0.3 is 17.8 Å². The van der Waals surface area contributed by atoms with Crippen molar-refractivity contribution in [3.8, 4) is 5.69 Å². The summed E-state index contributed by atoms with van der Waals surface area (Å²) in [5.74, 6) is -1.41. The molecule has 0 spiro atoms. The molecule has 0 aromatic carbocycles. The second kappa shape index (κ2) is 7.37. The van der Waals surface area contributed by atoms with E-state index >= 15 is 0 Å². The zero-order chi connectivity index (χ0) is 21.5. The van der Waals surface area contributed by atoms with Crippen LogP contribution >= 0.6 is 0 Å². The maximum absolute atomic E-state index is 13.7. The molecule has 0 atom stereocenters. The number of rotatable bonds is 6. The Balaban J connectivity index is 2.40. The fourth-order valence-electron chi connectivity index (χ4n) is 2.92. The molecule has 1 fully saturated rings. The van der Waals surface area contributed by atoms with Crippen molar-refractivity contribution in [3.05, 3.63) is 45.0 Å². The van der Waals surface area contributed by atoms with Crippen LogP contribution in [-0.4, -0.2) is 32.8 Å². The molecule has 0 bridgehead atoms. The van der Waals surface area contributed by atoms with Crippen LogP contribution in [0.1, 0.15) is 46.6 Å². The number of alkyl halides is 5. The Kier molecular flexibility index (Phi) is 5.24. The lowest BCUT2D eigenvalue weighted by Crippen LogP contribution is -2.23. The van der Waals surface area contributed by atoms with E-state index in [-0.39, 0.29) is 17.9 Å². The summed E-state index contributed by atoms with van der Waals surface area (Å²) in [7, 11) is 0.897. The topological polar surface area (TPSA) is 100 Å². The number of halogens is 5. The summed E-state index contributed by atoms with van der Waals surface area (Å²) in [5, 5.41) is 14.5. The van der Waals surface area contributed by atoms with Crippen molar-refractivity contribution in [1.82, 2.24) is 14.8 Å². The largest absolute Gasteiger partial charge is 0.465 e. The number of ether oxygens (including phenoxy) is 1. The number of carbonyl (C=O) groups is 1. The molecule has 8 nitrogen and oxygen atoms in total. The van der Waals surface area contributed by atoms with E-state index in [4.69, 9.17) is 0 Å². The van der Waals surface area contributed by atoms with E-state index < -0.39 is 51.8 Å². The molecule has 29 heavy (non-hydrogen) atoms. The number of methoxy groups -OCH3 is 1. The predicted molar refractivity (Wildman–Crippen MR) is 85.7 cm³/mol. The van der Waals surface area contributed by atoms with Crippen LogP contribution in [-0.2, 0) is 17.3 Å². The zero-order valence-corrected chi connectivity index (χ0v) is 14.7. The van der Waals surface area contributed by atoms with E-state index in [1.807, 2.05) is 0 Å². The molecule has 13 heteroatoms. The summed E-state index contributed by atoms with van der Waals surface area (Å²) in [6.45, 7) is 0. The lowest BCUT2D eigenvalue weighted by molar-refractivity contribution is -0.384. The number of nitro groups is 1. The summed E-state index contributed by atoms with van der Waals surface area (Å²) in [6, 6.07) is 0. The zero-order valence-electron chi connectivity index (χ0n) is 14.7. The molecular weight excluding hydrogens is 407 g/mol. The Hall–Kier alpha value is -3.12. The fraction of sp³-hybridized carbons (Fsp3) is 0.438. The van der Waals surface area contributed by atoms with Crippen molar-refractivity contribution in [2.24, 2.45) is 5.92 Å². The van der Waals surface area contributed by atoms with E-state index in [9.17, 15) is 36.9 Å². The maximum Gasteiger partial charge on any atom is 0.435 e. The van der Waals surface area contributed by atoms with Gasteiger partial charge < -0.3 is 4.74 Å². The molecule has 1 aliphatic rings. The number of carbonyl (C=O) groups excluding carboxylic acids is 1. The molecule has 0 saturated heterocycles. The van der Waals surface area contributed by atoms with Gasteiger partial charge in [0.15, 0.2) is 5.69 Å². The number of nitrogens with zero attached hydrogens (tertiary/aromatic N) is 4. The first-order valence-corrected chi connectivity index (χ1v) is 8.24. The van der Waals surface area contributed by atoms with Crippen LogP contribution in [0.2, 0.25) is 0 Å². The Morgan fingerprint density at radius 1 is 1.41 bits per heavy atom. The molecule has 0 aliphatic heterocycles. The molecule has 0 amide bonds. The van der Waals surface area contributed by atoms with Gasteiger partial charge in [0.2, 0.25) is 0 Å². The fourth-order valence-corrected chi connectivity index (χ4v) is 2.92. The number of pyridine rings is 1. The Morgan fingerprint density at radius 3 is 2.52 bits per heavy atom. The average molecular weight is 420 g/mol. The first kappa shape index (κ1) is 20.6. The molecule has 3 rings (SSSR count). The Labute approximate surface area is 159 Å². The van der Waals surface area contributed by atoms with Gasteiger partial charge in [-0.15, -0.1) is 0 Å². The third-order valence-corrected chi connectivity index (χ3v) is 4.36. The predicted octanol–water partition coefficient (Wildman–Crippen LogP) is 3.87. The van der Waals surface area contributed by atoms with Gasteiger partial charge in [-0.1, -0.05) is 0 Å². The first-order valence-electron chi connectivity index (χ1n) is 8.24. The molecule has 156 valence electrons. The van der Waals surface area contributed by atoms with Gasteiger partial charge in [-0.2, -0.15) is 18.3 Å². The Morgan fingerprint density at radius 2 is 2.07 bits per heavy atom. The minimum atomic E-state index is -5.19. The van der Waals surface area contributed by atoms with Crippen LogP contribution in [0, 0.1) is 16.0 Å². The van der Waals surface area contributed by atoms with Crippen LogP contribution in [0.4, 0.5) is 27.6 Å². The molecule has 0 unspecified atom stereocenters. The van der Waals surface area contributed by atoms with Crippen molar-refractivity contribution < 1.29 is 36.4 Å². The molecule has 2 aromatic rings. The summed E-state index contributed by atoms with van der Waals surface area (Å²) < 4.78 is 73.1. The Bertz CT molecular complexity index is 969. The van der Waals surface area contributed by atoms with Crippen LogP contribution in [0.3, 0.4) is 0 Å². The van der Waals surface area contributed by atoms with Gasteiger partial charge in [-0.3, -0.25) is 10.1 Å². The molecular formula is C16H13F5N4O4. The first-order chi connectivity index (χ1) is 13.5. The molecule has 2 heterocycles. The standard InChI is InChI=1S/C16H13F5N4O4/c1-29-15(26)10-9(4-7-2-3-7)12(24-6-8(5-22-24)25(27)28)13(16(19,20)21)23-11(10)14(17)18/h5-7,14H,2-4H2,1H3. The number of aromatic nitrogens is 3. The van der Waals surface area contributed by atoms with E-state index in [1.54, 1.807) is 0 Å². The van der Waals surface area contributed by atoms with Crippen molar-refractivity contribution in [1.29, 1.82) is 0 Å². The minimum Gasteiger partial charge on any atom is -0.465 e. The quantitative estimate of drug-likeness (QED) is 0.304. The SMILES string of the molecule is COC(=O)c1c(C(F)F)nc(C(F)(F)F)c(-n2cc([N+](=O)[O-])cn2)c1CC1CC1. The van der Waals surface area contributed by atoms with Gasteiger partial charge in [-0.25, -0.2) is 23.2 Å². The second-order valence-electron chi connectivity index (χ2n) is 6.39.